The minimum Gasteiger partial charge on any atom is -0.391 e. The summed E-state index contributed by atoms with van der Waals surface area (Å²) < 4.78 is 0. The quantitative estimate of drug-likeness (QED) is 0.867. The van der Waals surface area contributed by atoms with E-state index in [2.05, 4.69) is 41.4 Å². The summed E-state index contributed by atoms with van der Waals surface area (Å²) in [5, 5.41) is 13.1. The number of hydrogen-bond acceptors (Lipinski definition) is 4. The second kappa shape index (κ2) is 8.10. The fourth-order valence-electron chi connectivity index (χ4n) is 3.69. The van der Waals surface area contributed by atoms with Crippen molar-refractivity contribution in [2.75, 3.05) is 32.7 Å². The highest BCUT2D eigenvalue weighted by atomic mass is 16.3. The van der Waals surface area contributed by atoms with E-state index in [9.17, 15) is 9.90 Å². The van der Waals surface area contributed by atoms with Gasteiger partial charge in [0.2, 0.25) is 5.91 Å². The lowest BCUT2D eigenvalue weighted by molar-refractivity contribution is -0.132. The van der Waals surface area contributed by atoms with Crippen molar-refractivity contribution in [3.63, 3.8) is 0 Å². The Hall–Kier alpha value is -1.43. The van der Waals surface area contributed by atoms with E-state index in [1.54, 1.807) is 0 Å². The lowest BCUT2D eigenvalue weighted by Crippen LogP contribution is -2.37. The number of hydrogen-bond donors (Lipinski definition) is 2. The SMILES string of the molecule is CC1CCN(C(=O)C[C@@H]2CNC[C@H]2O)CCN1Cc1ccccc1. The molecule has 0 aromatic heterocycles. The van der Waals surface area contributed by atoms with Crippen LogP contribution in [-0.4, -0.2) is 65.7 Å². The highest BCUT2D eigenvalue weighted by molar-refractivity contribution is 5.76. The van der Waals surface area contributed by atoms with Crippen LogP contribution in [0.5, 0.6) is 0 Å². The van der Waals surface area contributed by atoms with Crippen LogP contribution in [0, 0.1) is 5.92 Å². The van der Waals surface area contributed by atoms with Gasteiger partial charge in [-0.15, -0.1) is 0 Å². The van der Waals surface area contributed by atoms with E-state index in [4.69, 9.17) is 0 Å². The summed E-state index contributed by atoms with van der Waals surface area (Å²) in [6, 6.07) is 11.0. The molecular formula is C19H29N3O2. The molecule has 5 nitrogen and oxygen atoms in total. The van der Waals surface area contributed by atoms with E-state index in [-0.39, 0.29) is 17.9 Å². The number of nitrogens with zero attached hydrogens (tertiary/aromatic N) is 2. The van der Waals surface area contributed by atoms with Crippen molar-refractivity contribution in [1.82, 2.24) is 15.1 Å². The molecule has 2 saturated heterocycles. The van der Waals surface area contributed by atoms with Crippen molar-refractivity contribution in [2.24, 2.45) is 5.92 Å². The first-order valence-electron chi connectivity index (χ1n) is 9.08. The summed E-state index contributed by atoms with van der Waals surface area (Å²) >= 11 is 0. The number of carbonyl (C=O) groups excluding carboxylic acids is 1. The van der Waals surface area contributed by atoms with Crippen molar-refractivity contribution in [3.05, 3.63) is 35.9 Å². The van der Waals surface area contributed by atoms with Gasteiger partial charge >= 0.3 is 0 Å². The minimum absolute atomic E-state index is 0.0681. The predicted molar refractivity (Wildman–Crippen MR) is 94.5 cm³/mol. The summed E-state index contributed by atoms with van der Waals surface area (Å²) in [5.41, 5.74) is 1.32. The molecule has 2 aliphatic rings. The van der Waals surface area contributed by atoms with E-state index in [1.807, 2.05) is 11.0 Å². The van der Waals surface area contributed by atoms with Gasteiger partial charge in [0, 0.05) is 57.6 Å². The highest BCUT2D eigenvalue weighted by Crippen LogP contribution is 2.18. The molecule has 0 bridgehead atoms. The van der Waals surface area contributed by atoms with Gasteiger partial charge in [-0.1, -0.05) is 30.3 Å². The molecule has 132 valence electrons. The van der Waals surface area contributed by atoms with Crippen LogP contribution in [0.15, 0.2) is 30.3 Å². The van der Waals surface area contributed by atoms with Crippen LogP contribution in [0.25, 0.3) is 0 Å². The molecule has 3 rings (SSSR count). The molecule has 1 unspecified atom stereocenters. The van der Waals surface area contributed by atoms with Gasteiger partial charge in [-0.05, 0) is 18.9 Å². The molecule has 0 aliphatic carbocycles. The second-order valence-corrected chi connectivity index (χ2v) is 7.16. The normalized spacial score (nSPS) is 28.8. The van der Waals surface area contributed by atoms with Gasteiger partial charge in [0.1, 0.15) is 0 Å². The average Bonchev–Trinajstić information content (AvgIpc) is 2.89. The Morgan fingerprint density at radius 2 is 2.00 bits per heavy atom. The third kappa shape index (κ3) is 4.35. The van der Waals surface area contributed by atoms with Crippen molar-refractivity contribution in [3.8, 4) is 0 Å². The Labute approximate surface area is 144 Å². The van der Waals surface area contributed by atoms with Gasteiger partial charge in [0.15, 0.2) is 0 Å². The topological polar surface area (TPSA) is 55.8 Å². The summed E-state index contributed by atoms with van der Waals surface area (Å²) in [4.78, 5) is 17.1. The molecule has 2 heterocycles. The van der Waals surface area contributed by atoms with Crippen molar-refractivity contribution < 1.29 is 9.90 Å². The first-order chi connectivity index (χ1) is 11.6. The summed E-state index contributed by atoms with van der Waals surface area (Å²) in [5.74, 6) is 0.259. The Morgan fingerprint density at radius 1 is 1.21 bits per heavy atom. The number of benzene rings is 1. The number of nitrogens with one attached hydrogen (secondary N) is 1. The standard InChI is InChI=1S/C19H29N3O2/c1-15-7-8-21(19(24)11-17-12-20-13-18(17)23)9-10-22(15)14-16-5-3-2-4-6-16/h2-6,15,17-18,20,23H,7-14H2,1H3/t15?,17-,18-/m1/s1. The van der Waals surface area contributed by atoms with E-state index in [1.165, 1.54) is 5.56 Å². The van der Waals surface area contributed by atoms with Gasteiger partial charge < -0.3 is 15.3 Å². The van der Waals surface area contributed by atoms with Crippen molar-refractivity contribution in [1.29, 1.82) is 0 Å². The molecule has 3 atom stereocenters. The molecule has 2 fully saturated rings. The largest absolute Gasteiger partial charge is 0.391 e. The molecule has 5 heteroatoms. The molecule has 0 saturated carbocycles. The third-order valence-electron chi connectivity index (χ3n) is 5.42. The molecule has 24 heavy (non-hydrogen) atoms. The highest BCUT2D eigenvalue weighted by Gasteiger charge is 2.30. The summed E-state index contributed by atoms with van der Waals surface area (Å²) in [7, 11) is 0. The molecule has 2 N–H and O–H groups in total. The van der Waals surface area contributed by atoms with Crippen LogP contribution in [0.3, 0.4) is 0 Å². The van der Waals surface area contributed by atoms with Crippen molar-refractivity contribution >= 4 is 5.91 Å². The summed E-state index contributed by atoms with van der Waals surface area (Å²) in [6.07, 6.45) is 1.08. The van der Waals surface area contributed by atoms with Gasteiger partial charge in [-0.25, -0.2) is 0 Å². The minimum atomic E-state index is -0.380. The fourth-order valence-corrected chi connectivity index (χ4v) is 3.69. The maximum absolute atomic E-state index is 12.6. The molecule has 0 spiro atoms. The maximum Gasteiger partial charge on any atom is 0.223 e. The monoisotopic (exact) mass is 331 g/mol. The zero-order chi connectivity index (χ0) is 16.9. The number of aliphatic hydroxyl groups is 1. The molecule has 0 radical (unpaired) electrons. The van der Waals surface area contributed by atoms with E-state index in [0.29, 0.717) is 19.0 Å². The zero-order valence-corrected chi connectivity index (χ0v) is 14.5. The lowest BCUT2D eigenvalue weighted by atomic mass is 10.0. The molecule has 1 amide bonds. The van der Waals surface area contributed by atoms with E-state index in [0.717, 1.165) is 39.1 Å². The maximum atomic E-state index is 12.6. The van der Waals surface area contributed by atoms with Gasteiger partial charge in [0.05, 0.1) is 6.10 Å². The van der Waals surface area contributed by atoms with Crippen molar-refractivity contribution in [2.45, 2.75) is 38.5 Å². The fraction of sp³-hybridized carbons (Fsp3) is 0.632. The Bertz CT molecular complexity index is 537. The van der Waals surface area contributed by atoms with Crippen LogP contribution in [0.1, 0.15) is 25.3 Å². The van der Waals surface area contributed by atoms with Crippen LogP contribution < -0.4 is 5.32 Å². The van der Waals surface area contributed by atoms with Gasteiger partial charge in [0.25, 0.3) is 0 Å². The molecule has 1 aromatic rings. The number of amides is 1. The third-order valence-corrected chi connectivity index (χ3v) is 5.42. The first kappa shape index (κ1) is 17.4. The molecule has 2 aliphatic heterocycles. The second-order valence-electron chi connectivity index (χ2n) is 7.16. The molecule has 1 aromatic carbocycles. The number of aliphatic hydroxyl groups excluding tert-OH is 1. The molecular weight excluding hydrogens is 302 g/mol. The Morgan fingerprint density at radius 3 is 2.71 bits per heavy atom. The smallest absolute Gasteiger partial charge is 0.223 e. The predicted octanol–water partition coefficient (Wildman–Crippen LogP) is 1.08. The van der Waals surface area contributed by atoms with E-state index >= 15 is 0 Å². The Balaban J connectivity index is 1.54. The number of β-amino-alcohol motifs (C(OH)–C–C–N with tert-alkyl or cyclic N) is 1. The van der Waals surface area contributed by atoms with Crippen LogP contribution >= 0.6 is 0 Å². The first-order valence-corrected chi connectivity index (χ1v) is 9.08. The van der Waals surface area contributed by atoms with Gasteiger partial charge in [-0.3, -0.25) is 9.69 Å². The van der Waals surface area contributed by atoms with Crippen LogP contribution in [0.4, 0.5) is 0 Å². The Kier molecular flexibility index (Phi) is 5.87. The lowest BCUT2D eigenvalue weighted by Gasteiger charge is -2.26. The average molecular weight is 331 g/mol. The summed E-state index contributed by atoms with van der Waals surface area (Å²) in [6.45, 7) is 7.06. The van der Waals surface area contributed by atoms with Crippen LogP contribution in [-0.2, 0) is 11.3 Å². The van der Waals surface area contributed by atoms with Crippen LogP contribution in [0.2, 0.25) is 0 Å². The number of rotatable bonds is 4. The zero-order valence-electron chi connectivity index (χ0n) is 14.5. The van der Waals surface area contributed by atoms with E-state index < -0.39 is 0 Å². The van der Waals surface area contributed by atoms with Gasteiger partial charge in [-0.2, -0.15) is 0 Å². The number of carbonyl (C=O) groups is 1.